The van der Waals surface area contributed by atoms with Crippen molar-refractivity contribution in [3.8, 4) is 17.2 Å². The van der Waals surface area contributed by atoms with Crippen LogP contribution in [0, 0.1) is 0 Å². The Bertz CT molecular complexity index is 380. The molecule has 0 amide bonds. The molecule has 0 spiro atoms. The summed E-state index contributed by atoms with van der Waals surface area (Å²) < 4.78 is 17.1. The van der Waals surface area contributed by atoms with Crippen LogP contribution in [0.5, 0.6) is 17.2 Å². The molecule has 5 heteroatoms. The van der Waals surface area contributed by atoms with E-state index in [0.717, 1.165) is 10.2 Å². The Balaban J connectivity index is 3.51. The van der Waals surface area contributed by atoms with Crippen LogP contribution in [0.4, 0.5) is 0 Å². The molecule has 1 aromatic rings. The van der Waals surface area contributed by atoms with Gasteiger partial charge in [-0.25, -0.2) is 0 Å². The summed E-state index contributed by atoms with van der Waals surface area (Å²) in [5, 5.41) is 1.19. The van der Waals surface area contributed by atoms with E-state index >= 15 is 0 Å². The molecule has 0 saturated heterocycles. The summed E-state index contributed by atoms with van der Waals surface area (Å²) in [4.78, 5) is 0. The van der Waals surface area contributed by atoms with Crippen molar-refractivity contribution in [3.05, 3.63) is 10.5 Å². The van der Waals surface area contributed by atoms with Gasteiger partial charge in [0.1, 0.15) is 0 Å². The lowest BCUT2D eigenvalue weighted by Gasteiger charge is -2.18. The number of benzene rings is 1. The third kappa shape index (κ3) is 2.35. The van der Waals surface area contributed by atoms with Crippen molar-refractivity contribution in [2.75, 3.05) is 21.3 Å². The molecule has 0 aliphatic carbocycles. The molecule has 0 aliphatic rings. The summed E-state index contributed by atoms with van der Waals surface area (Å²) in [6.45, 7) is 4.42. The van der Waals surface area contributed by atoms with E-state index in [1.165, 1.54) is 5.19 Å². The highest BCUT2D eigenvalue weighted by Gasteiger charge is 2.21. The van der Waals surface area contributed by atoms with E-state index in [-0.39, 0.29) is 0 Å². The van der Waals surface area contributed by atoms with E-state index in [1.807, 2.05) is 6.07 Å². The monoisotopic (exact) mass is 303 g/mol. The molecular formula is C11H16BrO3Si. The van der Waals surface area contributed by atoms with Gasteiger partial charge in [0.2, 0.25) is 5.75 Å². The molecule has 0 heterocycles. The molecular weight excluding hydrogens is 288 g/mol. The second-order valence-electron chi connectivity index (χ2n) is 3.50. The Morgan fingerprint density at radius 1 is 1.00 bits per heavy atom. The van der Waals surface area contributed by atoms with E-state index in [2.05, 4.69) is 29.0 Å². The molecule has 0 bridgehead atoms. The second-order valence-corrected chi connectivity index (χ2v) is 6.86. The van der Waals surface area contributed by atoms with E-state index in [4.69, 9.17) is 14.2 Å². The molecule has 0 atom stereocenters. The fourth-order valence-corrected chi connectivity index (χ4v) is 4.39. The van der Waals surface area contributed by atoms with E-state index < -0.39 is 8.80 Å². The normalized spacial score (nSPS) is 10.4. The summed E-state index contributed by atoms with van der Waals surface area (Å²) in [6.07, 6.45) is 0. The number of rotatable bonds is 4. The third-order valence-corrected chi connectivity index (χ3v) is 4.77. The van der Waals surface area contributed by atoms with Gasteiger partial charge in [0, 0.05) is 4.47 Å². The average Bonchev–Trinajstić information content (AvgIpc) is 2.26. The highest BCUT2D eigenvalue weighted by molar-refractivity contribution is 9.10. The molecule has 0 aromatic heterocycles. The van der Waals surface area contributed by atoms with Crippen LogP contribution in [-0.2, 0) is 0 Å². The van der Waals surface area contributed by atoms with Gasteiger partial charge in [-0.15, -0.1) is 0 Å². The molecule has 89 valence electrons. The van der Waals surface area contributed by atoms with Gasteiger partial charge in [0.15, 0.2) is 11.5 Å². The topological polar surface area (TPSA) is 27.7 Å². The fourth-order valence-electron chi connectivity index (χ4n) is 1.59. The van der Waals surface area contributed by atoms with Crippen LogP contribution < -0.4 is 19.4 Å². The highest BCUT2D eigenvalue weighted by Crippen LogP contribution is 2.38. The van der Waals surface area contributed by atoms with Gasteiger partial charge in [-0.3, -0.25) is 0 Å². The zero-order valence-corrected chi connectivity index (χ0v) is 12.8. The zero-order valence-electron chi connectivity index (χ0n) is 10.2. The van der Waals surface area contributed by atoms with Crippen LogP contribution in [0.2, 0.25) is 13.1 Å². The van der Waals surface area contributed by atoms with Crippen molar-refractivity contribution in [2.24, 2.45) is 0 Å². The second kappa shape index (κ2) is 5.59. The Kier molecular flexibility index (Phi) is 4.67. The SMILES string of the molecule is COc1cc(Br)c([Si](C)C)c(OC)c1OC. The lowest BCUT2D eigenvalue weighted by Crippen LogP contribution is -2.26. The van der Waals surface area contributed by atoms with Crippen molar-refractivity contribution in [3.63, 3.8) is 0 Å². The maximum Gasteiger partial charge on any atom is 0.203 e. The quantitative estimate of drug-likeness (QED) is 0.800. The molecule has 0 unspecified atom stereocenters. The van der Waals surface area contributed by atoms with Crippen molar-refractivity contribution in [1.82, 2.24) is 0 Å². The minimum absolute atomic E-state index is 0.648. The minimum Gasteiger partial charge on any atom is -0.493 e. The Labute approximate surface area is 106 Å². The highest BCUT2D eigenvalue weighted by atomic mass is 79.9. The Hall–Kier alpha value is -0.683. The maximum absolute atomic E-state index is 5.44. The Morgan fingerprint density at radius 3 is 1.94 bits per heavy atom. The summed E-state index contributed by atoms with van der Waals surface area (Å²) in [6, 6.07) is 1.92. The molecule has 0 fully saturated rings. The van der Waals surface area contributed by atoms with Crippen LogP contribution >= 0.6 is 15.9 Å². The Morgan fingerprint density at radius 2 is 1.56 bits per heavy atom. The van der Waals surface area contributed by atoms with Crippen molar-refractivity contribution >= 4 is 29.9 Å². The maximum atomic E-state index is 5.44. The number of halogens is 1. The molecule has 16 heavy (non-hydrogen) atoms. The van der Waals surface area contributed by atoms with Crippen molar-refractivity contribution in [1.29, 1.82) is 0 Å². The van der Waals surface area contributed by atoms with Gasteiger partial charge in [0.25, 0.3) is 0 Å². The largest absolute Gasteiger partial charge is 0.493 e. The summed E-state index contributed by atoms with van der Waals surface area (Å²) >= 11 is 3.55. The fraction of sp³-hybridized carbons (Fsp3) is 0.455. The van der Waals surface area contributed by atoms with Crippen LogP contribution in [-0.4, -0.2) is 30.1 Å². The first kappa shape index (κ1) is 13.4. The first-order valence-corrected chi connectivity index (χ1v) is 8.15. The van der Waals surface area contributed by atoms with Gasteiger partial charge in [0.05, 0.1) is 30.1 Å². The van der Waals surface area contributed by atoms with Gasteiger partial charge in [-0.2, -0.15) is 0 Å². The molecule has 0 N–H and O–H groups in total. The summed E-state index contributed by atoms with van der Waals surface area (Å²) in [5.74, 6) is 2.11. The minimum atomic E-state index is -0.648. The van der Waals surface area contributed by atoms with E-state index in [1.54, 1.807) is 21.3 Å². The lowest BCUT2D eigenvalue weighted by atomic mass is 10.3. The first-order valence-electron chi connectivity index (χ1n) is 4.85. The van der Waals surface area contributed by atoms with Gasteiger partial charge in [-0.05, 0) is 11.3 Å². The van der Waals surface area contributed by atoms with Crippen molar-refractivity contribution in [2.45, 2.75) is 13.1 Å². The standard InChI is InChI=1S/C11H16BrO3Si/c1-13-8-6-7(12)11(16(4)5)10(15-3)9(8)14-2/h6H,1-5H3. The van der Waals surface area contributed by atoms with Crippen LogP contribution in [0.25, 0.3) is 0 Å². The van der Waals surface area contributed by atoms with Crippen LogP contribution in [0.1, 0.15) is 0 Å². The molecule has 0 saturated carbocycles. The number of methoxy groups -OCH3 is 3. The molecule has 0 aliphatic heterocycles. The zero-order chi connectivity index (χ0) is 12.3. The molecule has 3 nitrogen and oxygen atoms in total. The van der Waals surface area contributed by atoms with Gasteiger partial charge in [-0.1, -0.05) is 29.0 Å². The smallest absolute Gasteiger partial charge is 0.203 e. The summed E-state index contributed by atoms with van der Waals surface area (Å²) in [7, 11) is 4.24. The molecule has 1 rings (SSSR count). The van der Waals surface area contributed by atoms with E-state index in [9.17, 15) is 0 Å². The predicted octanol–water partition coefficient (Wildman–Crippen LogP) is 2.44. The lowest BCUT2D eigenvalue weighted by molar-refractivity contribution is 0.325. The van der Waals surface area contributed by atoms with E-state index in [0.29, 0.717) is 11.5 Å². The average molecular weight is 304 g/mol. The van der Waals surface area contributed by atoms with Crippen molar-refractivity contribution < 1.29 is 14.2 Å². The third-order valence-electron chi connectivity index (χ3n) is 2.28. The number of hydrogen-bond acceptors (Lipinski definition) is 3. The number of hydrogen-bond donors (Lipinski definition) is 0. The predicted molar refractivity (Wildman–Crippen MR) is 70.9 cm³/mol. The molecule has 1 aromatic carbocycles. The summed E-state index contributed by atoms with van der Waals surface area (Å²) in [5.41, 5.74) is 0. The van der Waals surface area contributed by atoms with Gasteiger partial charge >= 0.3 is 0 Å². The first-order chi connectivity index (χ1) is 7.56. The number of ether oxygens (including phenoxy) is 3. The van der Waals surface area contributed by atoms with Crippen LogP contribution in [0.15, 0.2) is 10.5 Å². The molecule has 1 radical (unpaired) electrons. The van der Waals surface area contributed by atoms with Gasteiger partial charge < -0.3 is 14.2 Å². The van der Waals surface area contributed by atoms with Crippen LogP contribution in [0.3, 0.4) is 0 Å².